The monoisotopic (exact) mass is 1140 g/mol. The molecule has 0 amide bonds. The summed E-state index contributed by atoms with van der Waals surface area (Å²) in [5, 5.41) is 7.19. The average Bonchev–Trinajstić information content (AvgIpc) is 0.929. The molecule has 0 bridgehead atoms. The Morgan fingerprint density at radius 2 is 0.648 bits per heavy atom. The van der Waals surface area contributed by atoms with Crippen molar-refractivity contribution in [2.24, 2.45) is 0 Å². The molecule has 6 heteroatoms. The summed E-state index contributed by atoms with van der Waals surface area (Å²) in [6.45, 7) is 28.1. The molecule has 11 aromatic carbocycles. The van der Waals surface area contributed by atoms with E-state index in [1.807, 2.05) is 0 Å². The number of furan rings is 1. The fourth-order valence-electron chi connectivity index (χ4n) is 14.5. The molecule has 88 heavy (non-hydrogen) atoms. The van der Waals surface area contributed by atoms with Gasteiger partial charge in [-0.25, -0.2) is 0 Å². The zero-order chi connectivity index (χ0) is 60.5. The molecule has 0 fully saturated rings. The van der Waals surface area contributed by atoms with Crippen LogP contribution in [0.5, 0.6) is 0 Å². The zero-order valence-electron chi connectivity index (χ0n) is 52.6. The van der Waals surface area contributed by atoms with Crippen molar-refractivity contribution in [1.29, 1.82) is 0 Å². The molecule has 16 rings (SSSR count). The Kier molecular flexibility index (Phi) is 11.6. The van der Waals surface area contributed by atoms with Gasteiger partial charge < -0.3 is 23.4 Å². The Balaban J connectivity index is 1.07. The van der Waals surface area contributed by atoms with Crippen molar-refractivity contribution >= 4 is 123 Å². The molecule has 0 N–H and O–H groups in total. The first-order chi connectivity index (χ1) is 42.2. The van der Waals surface area contributed by atoms with Crippen molar-refractivity contribution < 1.29 is 4.42 Å². The third-order valence-electron chi connectivity index (χ3n) is 19.2. The van der Waals surface area contributed by atoms with Gasteiger partial charge in [0.2, 0.25) is 0 Å². The van der Waals surface area contributed by atoms with E-state index in [-0.39, 0.29) is 28.4 Å². The molecule has 14 aromatic rings. The van der Waals surface area contributed by atoms with E-state index >= 15 is 0 Å². The van der Waals surface area contributed by atoms with E-state index in [1.54, 1.807) is 0 Å². The van der Waals surface area contributed by atoms with E-state index in [9.17, 15) is 0 Å². The van der Waals surface area contributed by atoms with Crippen LogP contribution in [0.3, 0.4) is 0 Å². The van der Waals surface area contributed by atoms with Crippen LogP contribution in [0.4, 0.5) is 34.1 Å². The second kappa shape index (κ2) is 19.0. The highest BCUT2D eigenvalue weighted by atomic mass is 16.3. The third kappa shape index (κ3) is 8.35. The van der Waals surface area contributed by atoms with Crippen molar-refractivity contribution in [1.82, 2.24) is 9.13 Å². The van der Waals surface area contributed by atoms with Crippen LogP contribution in [0.15, 0.2) is 229 Å². The summed E-state index contributed by atoms with van der Waals surface area (Å²) in [4.78, 5) is 5.31. The van der Waals surface area contributed by atoms with Crippen molar-refractivity contribution in [2.75, 3.05) is 9.80 Å². The predicted molar refractivity (Wildman–Crippen MR) is 377 cm³/mol. The van der Waals surface area contributed by atoms with Gasteiger partial charge in [-0.3, -0.25) is 0 Å². The number of nitrogens with zero attached hydrogens (tertiary/aromatic N) is 4. The Morgan fingerprint density at radius 3 is 1.05 bits per heavy atom. The molecular formula is C82H73BN4O. The lowest BCUT2D eigenvalue weighted by Gasteiger charge is -2.45. The summed E-state index contributed by atoms with van der Waals surface area (Å²) in [5.41, 5.74) is 26.4. The summed E-state index contributed by atoms with van der Waals surface area (Å²) < 4.78 is 11.5. The Labute approximate surface area is 517 Å². The van der Waals surface area contributed by atoms with E-state index in [0.29, 0.717) is 0 Å². The Hall–Kier alpha value is -9.52. The lowest BCUT2D eigenvalue weighted by Crippen LogP contribution is -2.61. The second-order valence-corrected chi connectivity index (χ2v) is 29.1. The fourth-order valence-corrected chi connectivity index (χ4v) is 14.5. The van der Waals surface area contributed by atoms with Crippen LogP contribution in [0.1, 0.15) is 105 Å². The van der Waals surface area contributed by atoms with Crippen LogP contribution >= 0.6 is 0 Å². The van der Waals surface area contributed by atoms with Crippen LogP contribution in [0, 0.1) is 0 Å². The number of rotatable bonds is 5. The zero-order valence-corrected chi connectivity index (χ0v) is 52.6. The summed E-state index contributed by atoms with van der Waals surface area (Å²) in [7, 11) is 0. The molecule has 0 radical (unpaired) electrons. The first-order valence-electron chi connectivity index (χ1n) is 31.4. The summed E-state index contributed by atoms with van der Waals surface area (Å²) in [6.07, 6.45) is 0. The minimum absolute atomic E-state index is 0.140. The predicted octanol–water partition coefficient (Wildman–Crippen LogP) is 20.7. The SMILES string of the molecule is CC(C)(C)c1cc(N2c3cc(-n4c5ccccc5c5ccccc54)ccc3B3c4ccc(-n5c6ccccc6c6ccccc65)cc4N(c4cc(C(C)(C)C)cc(C(C)(C)C)c4)c4cc(-c5ccc6oc7ccccc7c6c5)cc2c43)cc(C(C)(C)C)c1. The molecule has 3 aromatic heterocycles. The van der Waals surface area contributed by atoms with Gasteiger partial charge in [0, 0.05) is 77.8 Å². The highest BCUT2D eigenvalue weighted by Gasteiger charge is 2.45. The van der Waals surface area contributed by atoms with Crippen LogP contribution in [0.25, 0.3) is 88.1 Å². The average molecular weight is 1140 g/mol. The van der Waals surface area contributed by atoms with Crippen LogP contribution in [0.2, 0.25) is 0 Å². The quantitative estimate of drug-likeness (QED) is 0.161. The molecule has 0 saturated heterocycles. The van der Waals surface area contributed by atoms with Crippen LogP contribution < -0.4 is 26.2 Å². The lowest BCUT2D eigenvalue weighted by molar-refractivity contribution is 0.568. The molecule has 0 unspecified atom stereocenters. The number of para-hydroxylation sites is 5. The van der Waals surface area contributed by atoms with Crippen LogP contribution in [-0.2, 0) is 21.7 Å². The van der Waals surface area contributed by atoms with Gasteiger partial charge >= 0.3 is 0 Å². The largest absolute Gasteiger partial charge is 0.456 e. The minimum Gasteiger partial charge on any atom is -0.456 e. The smallest absolute Gasteiger partial charge is 0.252 e. The van der Waals surface area contributed by atoms with Gasteiger partial charge in [-0.2, -0.15) is 0 Å². The number of hydrogen-bond acceptors (Lipinski definition) is 3. The van der Waals surface area contributed by atoms with Gasteiger partial charge in [0.05, 0.1) is 22.1 Å². The number of hydrogen-bond donors (Lipinski definition) is 0. The second-order valence-electron chi connectivity index (χ2n) is 29.1. The number of anilines is 6. The molecule has 5 heterocycles. The minimum atomic E-state index is -0.156. The number of fused-ring (bicyclic) bond motifs is 13. The number of benzene rings is 11. The maximum Gasteiger partial charge on any atom is 0.252 e. The van der Waals surface area contributed by atoms with Crippen molar-refractivity contribution in [2.45, 2.75) is 105 Å². The van der Waals surface area contributed by atoms with E-state index < -0.39 is 0 Å². The third-order valence-corrected chi connectivity index (χ3v) is 19.2. The molecule has 0 spiro atoms. The molecule has 2 aliphatic rings. The van der Waals surface area contributed by atoms with Gasteiger partial charge in [-0.15, -0.1) is 0 Å². The lowest BCUT2D eigenvalue weighted by atomic mass is 9.33. The highest BCUT2D eigenvalue weighted by Crippen LogP contribution is 2.50. The summed E-state index contributed by atoms with van der Waals surface area (Å²) in [6, 6.07) is 85.6. The van der Waals surface area contributed by atoms with E-state index in [4.69, 9.17) is 4.42 Å². The van der Waals surface area contributed by atoms with Gasteiger partial charge in [-0.05, 0) is 175 Å². The first-order valence-corrected chi connectivity index (χ1v) is 31.4. The molecule has 430 valence electrons. The van der Waals surface area contributed by atoms with Crippen molar-refractivity contribution in [3.63, 3.8) is 0 Å². The van der Waals surface area contributed by atoms with E-state index in [2.05, 4.69) is 326 Å². The highest BCUT2D eigenvalue weighted by molar-refractivity contribution is 7.00. The van der Waals surface area contributed by atoms with Crippen molar-refractivity contribution in [3.05, 3.63) is 247 Å². The van der Waals surface area contributed by atoms with E-state index in [1.165, 1.54) is 82.3 Å². The molecule has 0 aliphatic carbocycles. The normalized spacial score (nSPS) is 13.6. The topological polar surface area (TPSA) is 29.5 Å². The van der Waals surface area contributed by atoms with Gasteiger partial charge in [0.25, 0.3) is 6.71 Å². The molecular weight excluding hydrogens is 1070 g/mol. The molecule has 0 atom stereocenters. The maximum absolute atomic E-state index is 6.55. The molecule has 2 aliphatic heterocycles. The van der Waals surface area contributed by atoms with Gasteiger partial charge in [0.1, 0.15) is 11.2 Å². The molecule has 5 nitrogen and oxygen atoms in total. The van der Waals surface area contributed by atoms with Crippen LogP contribution in [-0.4, -0.2) is 15.8 Å². The number of aromatic nitrogens is 2. The summed E-state index contributed by atoms with van der Waals surface area (Å²) >= 11 is 0. The molecule has 0 saturated carbocycles. The standard InChI is InChI=1S/C82H73BN4O/c1-79(2,3)52-42-53(80(4,5)6)45-58(44-52)86-72-48-56(84-68-28-18-13-23-60(68)61-24-14-19-29-69(61)84)34-36-66(72)83-67-37-35-57(85-70-30-20-15-25-62(70)63-26-16-21-31-71(63)85)49-73(67)87(59-46-54(81(7,8)9)43-55(47-59)82(10,11)12)75-41-51(40-74(86)78(75)83)50-33-38-77-65(39-50)64-27-17-22-32-76(64)88-77/h13-49H,1-12H3. The Bertz CT molecular complexity index is 4800. The maximum atomic E-state index is 6.55. The van der Waals surface area contributed by atoms with Gasteiger partial charge in [0.15, 0.2) is 0 Å². The summed E-state index contributed by atoms with van der Waals surface area (Å²) in [5.74, 6) is 0. The fraction of sp³-hybridized carbons (Fsp3) is 0.195. The van der Waals surface area contributed by atoms with E-state index in [0.717, 1.165) is 78.6 Å². The first kappa shape index (κ1) is 53.9. The Morgan fingerprint density at radius 1 is 0.284 bits per heavy atom. The van der Waals surface area contributed by atoms with Crippen molar-refractivity contribution in [3.8, 4) is 22.5 Å². The van der Waals surface area contributed by atoms with Gasteiger partial charge in [-0.1, -0.05) is 204 Å².